The molecular weight excluding hydrogens is 210 g/mol. The van der Waals surface area contributed by atoms with Crippen LogP contribution >= 0.6 is 0 Å². The average Bonchev–Trinajstić information content (AvgIpc) is 2.35. The van der Waals surface area contributed by atoms with E-state index >= 15 is 0 Å². The fraction of sp³-hybridized carbons (Fsp3) is 0.286. The van der Waals surface area contributed by atoms with E-state index in [0.29, 0.717) is 0 Å². The third-order valence-corrected chi connectivity index (χ3v) is 2.34. The van der Waals surface area contributed by atoms with Crippen LogP contribution in [0.3, 0.4) is 0 Å². The van der Waals surface area contributed by atoms with Gasteiger partial charge in [-0.2, -0.15) is 0 Å². The van der Waals surface area contributed by atoms with Gasteiger partial charge in [0.25, 0.3) is 0 Å². The molecule has 3 N–H and O–H groups in total. The third kappa shape index (κ3) is 5.22. The second kappa shape index (κ2) is 8.42. The van der Waals surface area contributed by atoms with E-state index in [-0.39, 0.29) is 6.17 Å². The smallest absolute Gasteiger partial charge is 0.117 e. The summed E-state index contributed by atoms with van der Waals surface area (Å²) in [5.74, 6) is 0. The van der Waals surface area contributed by atoms with Crippen LogP contribution in [0.5, 0.6) is 0 Å². The molecule has 94 valence electrons. The molecule has 0 heterocycles. The zero-order chi connectivity index (χ0) is 13.3. The zero-order valence-electron chi connectivity index (χ0n) is 11.0. The normalized spacial score (nSPS) is 13.2. The predicted molar refractivity (Wildman–Crippen MR) is 76.4 cm³/mol. The first-order chi connectivity index (χ1) is 8.10. The molecule has 0 aliphatic rings. The van der Waals surface area contributed by atoms with Crippen molar-refractivity contribution in [3.05, 3.63) is 61.0 Å². The number of allylic oxidation sites excluding steroid dienone is 4. The first-order valence-corrected chi connectivity index (χ1v) is 5.55. The topological polar surface area (TPSA) is 36.1 Å². The van der Waals surface area contributed by atoms with Crippen LogP contribution in [0.2, 0.25) is 0 Å². The summed E-state index contributed by atoms with van der Waals surface area (Å²) in [5, 5.41) is 9.53. The molecule has 0 amide bonds. The van der Waals surface area contributed by atoms with Crippen LogP contribution in [0.1, 0.15) is 6.92 Å². The molecule has 0 bridgehead atoms. The van der Waals surface area contributed by atoms with E-state index in [2.05, 4.69) is 35.7 Å². The van der Waals surface area contributed by atoms with E-state index in [1.54, 1.807) is 6.08 Å². The zero-order valence-corrected chi connectivity index (χ0v) is 11.0. The lowest BCUT2D eigenvalue weighted by molar-refractivity contribution is 0.542. The fourth-order valence-electron chi connectivity index (χ4n) is 1.31. The Bertz CT molecular complexity index is 337. The molecule has 0 fully saturated rings. The quantitative estimate of drug-likeness (QED) is 0.443. The molecule has 0 aromatic rings. The van der Waals surface area contributed by atoms with Crippen LogP contribution in [0.4, 0.5) is 0 Å². The van der Waals surface area contributed by atoms with E-state index in [1.807, 2.05) is 39.2 Å². The summed E-state index contributed by atoms with van der Waals surface area (Å²) < 4.78 is 0. The monoisotopic (exact) mass is 233 g/mol. The van der Waals surface area contributed by atoms with Crippen LogP contribution in [-0.4, -0.2) is 20.3 Å². The van der Waals surface area contributed by atoms with Crippen molar-refractivity contribution in [2.45, 2.75) is 13.1 Å². The van der Waals surface area contributed by atoms with E-state index in [1.165, 1.54) is 0 Å². The number of likely N-dealkylation sites (N-methyl/N-ethyl adjacent to an activating group) is 2. The van der Waals surface area contributed by atoms with Gasteiger partial charge in [-0.15, -0.1) is 0 Å². The van der Waals surface area contributed by atoms with Crippen LogP contribution in [0.15, 0.2) is 61.0 Å². The number of nitrogens with one attached hydrogen (secondary N) is 3. The summed E-state index contributed by atoms with van der Waals surface area (Å²) in [6.07, 6.45) is 7.40. The predicted octanol–water partition coefficient (Wildman–Crippen LogP) is 2.06. The average molecular weight is 233 g/mol. The Hall–Kier alpha value is -1.74. The Labute approximate surface area is 105 Å². The van der Waals surface area contributed by atoms with Crippen molar-refractivity contribution < 1.29 is 0 Å². The van der Waals surface area contributed by atoms with Gasteiger partial charge in [-0.1, -0.05) is 44.0 Å². The van der Waals surface area contributed by atoms with E-state index in [4.69, 9.17) is 0 Å². The number of hydrogen-bond donors (Lipinski definition) is 3. The molecule has 0 aliphatic heterocycles. The lowest BCUT2D eigenvalue weighted by Gasteiger charge is -2.23. The van der Waals surface area contributed by atoms with Crippen LogP contribution < -0.4 is 16.0 Å². The van der Waals surface area contributed by atoms with Crippen LogP contribution in [0.25, 0.3) is 0 Å². The molecule has 1 atom stereocenters. The molecular formula is C14H23N3. The van der Waals surface area contributed by atoms with Gasteiger partial charge in [-0.3, -0.25) is 5.32 Å². The highest BCUT2D eigenvalue weighted by Crippen LogP contribution is 2.06. The van der Waals surface area contributed by atoms with Gasteiger partial charge in [-0.05, 0) is 19.5 Å². The number of rotatable bonds is 8. The fourth-order valence-corrected chi connectivity index (χ4v) is 1.31. The van der Waals surface area contributed by atoms with Gasteiger partial charge in [0, 0.05) is 18.4 Å². The molecule has 0 aromatic heterocycles. The number of hydrogen-bond acceptors (Lipinski definition) is 3. The SMILES string of the molecule is C=C/C=C\C(=C)C(=C)NC(NC)/C(=C\C)NC. The molecule has 0 spiro atoms. The third-order valence-electron chi connectivity index (χ3n) is 2.34. The van der Waals surface area contributed by atoms with Gasteiger partial charge >= 0.3 is 0 Å². The molecule has 0 aliphatic carbocycles. The second-order valence-electron chi connectivity index (χ2n) is 3.46. The van der Waals surface area contributed by atoms with Crippen molar-refractivity contribution in [1.29, 1.82) is 0 Å². The van der Waals surface area contributed by atoms with Crippen molar-refractivity contribution in [2.75, 3.05) is 14.1 Å². The van der Waals surface area contributed by atoms with Crippen molar-refractivity contribution in [3.8, 4) is 0 Å². The van der Waals surface area contributed by atoms with E-state index in [9.17, 15) is 0 Å². The summed E-state index contributed by atoms with van der Waals surface area (Å²) in [7, 11) is 3.77. The Kier molecular flexibility index (Phi) is 7.55. The summed E-state index contributed by atoms with van der Waals surface area (Å²) in [4.78, 5) is 0. The summed E-state index contributed by atoms with van der Waals surface area (Å²) in [5.41, 5.74) is 2.66. The van der Waals surface area contributed by atoms with Crippen molar-refractivity contribution in [1.82, 2.24) is 16.0 Å². The molecule has 0 rings (SSSR count). The highest BCUT2D eigenvalue weighted by atomic mass is 15.1. The molecule has 0 radical (unpaired) electrons. The van der Waals surface area contributed by atoms with Crippen molar-refractivity contribution in [3.63, 3.8) is 0 Å². The molecule has 0 saturated heterocycles. The first kappa shape index (κ1) is 15.3. The minimum Gasteiger partial charge on any atom is -0.389 e. The molecule has 0 aromatic carbocycles. The molecule has 1 unspecified atom stereocenters. The minimum absolute atomic E-state index is 0.00798. The van der Waals surface area contributed by atoms with Gasteiger partial charge in [0.05, 0.1) is 0 Å². The summed E-state index contributed by atoms with van der Waals surface area (Å²) in [6, 6.07) is 0. The van der Waals surface area contributed by atoms with Gasteiger partial charge < -0.3 is 10.6 Å². The Morgan fingerprint density at radius 1 is 1.24 bits per heavy atom. The minimum atomic E-state index is -0.00798. The lowest BCUT2D eigenvalue weighted by Crippen LogP contribution is -2.44. The standard InChI is InChI=1S/C14H23N3/c1-7-9-10-11(3)12(4)17-14(16-6)13(8-2)15-5/h7-10,14-17H,1,3-4H2,2,5-6H3/b10-9-,13-8+. The van der Waals surface area contributed by atoms with Gasteiger partial charge in [0.2, 0.25) is 0 Å². The van der Waals surface area contributed by atoms with Gasteiger partial charge in [0.1, 0.15) is 6.17 Å². The first-order valence-electron chi connectivity index (χ1n) is 5.55. The highest BCUT2D eigenvalue weighted by molar-refractivity contribution is 5.36. The lowest BCUT2D eigenvalue weighted by atomic mass is 10.2. The Balaban J connectivity index is 4.58. The maximum Gasteiger partial charge on any atom is 0.117 e. The Morgan fingerprint density at radius 2 is 1.88 bits per heavy atom. The maximum atomic E-state index is 3.96. The highest BCUT2D eigenvalue weighted by Gasteiger charge is 2.10. The van der Waals surface area contributed by atoms with Crippen molar-refractivity contribution >= 4 is 0 Å². The molecule has 3 heteroatoms. The van der Waals surface area contributed by atoms with E-state index in [0.717, 1.165) is 17.0 Å². The largest absolute Gasteiger partial charge is 0.389 e. The molecule has 0 saturated carbocycles. The second-order valence-corrected chi connectivity index (χ2v) is 3.46. The van der Waals surface area contributed by atoms with Crippen LogP contribution in [-0.2, 0) is 0 Å². The van der Waals surface area contributed by atoms with Gasteiger partial charge in [0.15, 0.2) is 0 Å². The van der Waals surface area contributed by atoms with E-state index < -0.39 is 0 Å². The van der Waals surface area contributed by atoms with Crippen LogP contribution in [0, 0.1) is 0 Å². The van der Waals surface area contributed by atoms with Crippen molar-refractivity contribution in [2.24, 2.45) is 0 Å². The molecule has 17 heavy (non-hydrogen) atoms. The Morgan fingerprint density at radius 3 is 2.29 bits per heavy atom. The maximum absolute atomic E-state index is 3.96. The summed E-state index contributed by atoms with van der Waals surface area (Å²) in [6.45, 7) is 13.5. The summed E-state index contributed by atoms with van der Waals surface area (Å²) >= 11 is 0. The van der Waals surface area contributed by atoms with Gasteiger partial charge in [-0.25, -0.2) is 0 Å². The molecule has 3 nitrogen and oxygen atoms in total.